The number of carbonyl (C=O) groups excluding carboxylic acids is 1. The molecule has 0 atom stereocenters. The van der Waals surface area contributed by atoms with E-state index in [1.807, 2.05) is 60.1 Å². The van der Waals surface area contributed by atoms with Crippen molar-refractivity contribution >= 4 is 34.5 Å². The Labute approximate surface area is 209 Å². The maximum atomic E-state index is 13.0. The van der Waals surface area contributed by atoms with Crippen LogP contribution in [-0.4, -0.2) is 29.6 Å². The van der Waals surface area contributed by atoms with E-state index >= 15 is 0 Å². The van der Waals surface area contributed by atoms with Crippen LogP contribution in [0.25, 0.3) is 21.7 Å². The van der Waals surface area contributed by atoms with E-state index in [0.29, 0.717) is 4.80 Å². The summed E-state index contributed by atoms with van der Waals surface area (Å²) in [5, 5.41) is 11.2. The summed E-state index contributed by atoms with van der Waals surface area (Å²) in [6.07, 6.45) is 0. The second kappa shape index (κ2) is 10.1. The summed E-state index contributed by atoms with van der Waals surface area (Å²) in [4.78, 5) is 29.2. The number of benzene rings is 3. The smallest absolute Gasteiger partial charge is 0.281 e. The lowest BCUT2D eigenvalue weighted by atomic mass is 10.1. The number of amides is 1. The van der Waals surface area contributed by atoms with Crippen LogP contribution < -0.4 is 14.3 Å². The maximum absolute atomic E-state index is 13.0. The summed E-state index contributed by atoms with van der Waals surface area (Å²) >= 11 is 7.48. The fourth-order valence-electron chi connectivity index (χ4n) is 3.50. The molecular formula is C25H20ClN3O5S. The quantitative estimate of drug-likeness (QED) is 0.244. The van der Waals surface area contributed by atoms with E-state index in [0.717, 1.165) is 39.3 Å². The predicted molar refractivity (Wildman–Crippen MR) is 135 cm³/mol. The van der Waals surface area contributed by atoms with Crippen molar-refractivity contribution in [1.82, 2.24) is 4.57 Å². The molecule has 0 spiro atoms. The fourth-order valence-corrected chi connectivity index (χ4v) is 4.85. The molecule has 0 bridgehead atoms. The highest BCUT2D eigenvalue weighted by Crippen LogP contribution is 2.36. The molecule has 0 saturated carbocycles. The first kappa shape index (κ1) is 24.2. The van der Waals surface area contributed by atoms with Crippen molar-refractivity contribution in [3.05, 3.63) is 92.2 Å². The van der Waals surface area contributed by atoms with Gasteiger partial charge in [0.2, 0.25) is 0 Å². The Morgan fingerprint density at radius 1 is 0.971 bits per heavy atom. The first-order valence-corrected chi connectivity index (χ1v) is 11.5. The number of hydrogen-bond donors (Lipinski definition) is 0. The molecule has 0 fully saturated rings. The predicted octanol–water partition coefficient (Wildman–Crippen LogP) is 5.74. The number of nitro groups is 1. The molecule has 1 aromatic heterocycles. The molecule has 0 unspecified atom stereocenters. The van der Waals surface area contributed by atoms with Gasteiger partial charge in [0.05, 0.1) is 40.3 Å². The maximum Gasteiger partial charge on any atom is 0.281 e. The summed E-state index contributed by atoms with van der Waals surface area (Å²) < 4.78 is 12.4. The fraction of sp³-hybridized carbons (Fsp3) is 0.120. The molecule has 0 N–H and O–H groups in total. The third-order valence-electron chi connectivity index (χ3n) is 5.33. The van der Waals surface area contributed by atoms with Gasteiger partial charge in [0.25, 0.3) is 11.6 Å². The summed E-state index contributed by atoms with van der Waals surface area (Å²) in [7, 11) is 5.01. The molecule has 8 nitrogen and oxygen atoms in total. The number of aromatic nitrogens is 1. The Kier molecular flexibility index (Phi) is 6.99. The van der Waals surface area contributed by atoms with Gasteiger partial charge in [-0.3, -0.25) is 14.9 Å². The van der Waals surface area contributed by atoms with Gasteiger partial charge in [-0.25, -0.2) is 0 Å². The zero-order valence-electron chi connectivity index (χ0n) is 19.0. The molecule has 0 aliphatic heterocycles. The van der Waals surface area contributed by atoms with Crippen molar-refractivity contribution in [2.45, 2.75) is 0 Å². The molecule has 4 rings (SSSR count). The SMILES string of the molecule is COc1ccc(-c2sc(=NC(=O)c3cc([N+](=O)[O-])ccc3Cl)n(C)c2-c2ccc(OC)cc2)cc1. The Morgan fingerprint density at radius 2 is 1.54 bits per heavy atom. The van der Waals surface area contributed by atoms with Crippen LogP contribution in [0.4, 0.5) is 5.69 Å². The molecule has 1 heterocycles. The molecule has 0 aliphatic carbocycles. The average molecular weight is 510 g/mol. The van der Waals surface area contributed by atoms with E-state index in [9.17, 15) is 14.9 Å². The number of non-ortho nitro benzene ring substituents is 1. The van der Waals surface area contributed by atoms with Gasteiger partial charge in [0.1, 0.15) is 11.5 Å². The molecule has 0 saturated heterocycles. The summed E-state index contributed by atoms with van der Waals surface area (Å²) in [6, 6.07) is 18.8. The Balaban J connectivity index is 1.89. The summed E-state index contributed by atoms with van der Waals surface area (Å²) in [6.45, 7) is 0. The highest BCUT2D eigenvalue weighted by atomic mass is 35.5. The number of nitro benzene ring substituents is 1. The number of carbonyl (C=O) groups is 1. The molecule has 10 heteroatoms. The standard InChI is InChI=1S/C25H20ClN3O5S/c1-28-22(15-4-9-18(33-2)10-5-15)23(16-6-11-19(34-3)12-7-16)35-25(28)27-24(30)20-14-17(29(31)32)8-13-21(20)26/h4-14H,1-3H3. The van der Waals surface area contributed by atoms with Crippen molar-refractivity contribution in [2.24, 2.45) is 12.0 Å². The normalized spacial score (nSPS) is 11.4. The van der Waals surface area contributed by atoms with Gasteiger partial charge in [-0.1, -0.05) is 22.9 Å². The van der Waals surface area contributed by atoms with Crippen LogP contribution in [0.3, 0.4) is 0 Å². The van der Waals surface area contributed by atoms with Crippen LogP contribution in [0, 0.1) is 10.1 Å². The molecule has 0 radical (unpaired) electrons. The van der Waals surface area contributed by atoms with Crippen LogP contribution >= 0.6 is 22.9 Å². The van der Waals surface area contributed by atoms with E-state index in [2.05, 4.69) is 4.99 Å². The Hall–Kier alpha value is -3.95. The number of methoxy groups -OCH3 is 2. The number of nitrogens with zero attached hydrogens (tertiary/aromatic N) is 3. The highest BCUT2D eigenvalue weighted by Gasteiger charge is 2.19. The monoisotopic (exact) mass is 509 g/mol. The molecule has 3 aromatic carbocycles. The van der Waals surface area contributed by atoms with Crippen molar-refractivity contribution in [3.63, 3.8) is 0 Å². The lowest BCUT2D eigenvalue weighted by Crippen LogP contribution is -2.14. The lowest BCUT2D eigenvalue weighted by Gasteiger charge is -2.09. The molecule has 4 aromatic rings. The van der Waals surface area contributed by atoms with Gasteiger partial charge in [0.15, 0.2) is 4.80 Å². The Bertz CT molecular complexity index is 1470. The summed E-state index contributed by atoms with van der Waals surface area (Å²) in [5.41, 5.74) is 2.39. The summed E-state index contributed by atoms with van der Waals surface area (Å²) in [5.74, 6) is 0.775. The zero-order valence-corrected chi connectivity index (χ0v) is 20.6. The second-order valence-electron chi connectivity index (χ2n) is 7.42. The van der Waals surface area contributed by atoms with Crippen LogP contribution in [0.1, 0.15) is 10.4 Å². The number of rotatable bonds is 6. The Morgan fingerprint density at radius 3 is 2.09 bits per heavy atom. The van der Waals surface area contributed by atoms with Crippen molar-refractivity contribution in [3.8, 4) is 33.2 Å². The first-order valence-electron chi connectivity index (χ1n) is 10.3. The van der Waals surface area contributed by atoms with Gasteiger partial charge < -0.3 is 14.0 Å². The van der Waals surface area contributed by atoms with E-state index in [4.69, 9.17) is 21.1 Å². The van der Waals surface area contributed by atoms with E-state index in [1.165, 1.54) is 23.5 Å². The van der Waals surface area contributed by atoms with Gasteiger partial charge in [0, 0.05) is 19.2 Å². The highest BCUT2D eigenvalue weighted by molar-refractivity contribution is 7.13. The largest absolute Gasteiger partial charge is 0.497 e. The van der Waals surface area contributed by atoms with Gasteiger partial charge in [-0.2, -0.15) is 4.99 Å². The van der Waals surface area contributed by atoms with Gasteiger partial charge in [-0.15, -0.1) is 0 Å². The van der Waals surface area contributed by atoms with Crippen molar-refractivity contribution in [2.75, 3.05) is 14.2 Å². The van der Waals surface area contributed by atoms with Gasteiger partial charge >= 0.3 is 0 Å². The third-order valence-corrected chi connectivity index (χ3v) is 6.85. The minimum absolute atomic E-state index is 0.0359. The molecule has 178 valence electrons. The molecule has 35 heavy (non-hydrogen) atoms. The lowest BCUT2D eigenvalue weighted by molar-refractivity contribution is -0.384. The zero-order chi connectivity index (χ0) is 25.1. The second-order valence-corrected chi connectivity index (χ2v) is 8.80. The number of halogens is 1. The van der Waals surface area contributed by atoms with Crippen LogP contribution in [0.15, 0.2) is 71.7 Å². The number of hydrogen-bond acceptors (Lipinski definition) is 6. The molecule has 1 amide bonds. The van der Waals surface area contributed by atoms with Crippen LogP contribution in [0.5, 0.6) is 11.5 Å². The number of ether oxygens (including phenoxy) is 2. The van der Waals surface area contributed by atoms with E-state index < -0.39 is 10.8 Å². The van der Waals surface area contributed by atoms with Crippen LogP contribution in [-0.2, 0) is 7.05 Å². The molecule has 0 aliphatic rings. The first-order chi connectivity index (χ1) is 16.8. The van der Waals surface area contributed by atoms with E-state index in [1.54, 1.807) is 14.2 Å². The van der Waals surface area contributed by atoms with Crippen molar-refractivity contribution in [1.29, 1.82) is 0 Å². The minimum atomic E-state index is -0.668. The minimum Gasteiger partial charge on any atom is -0.497 e. The molecular weight excluding hydrogens is 490 g/mol. The van der Waals surface area contributed by atoms with E-state index in [-0.39, 0.29) is 16.3 Å². The van der Waals surface area contributed by atoms with Gasteiger partial charge in [-0.05, 0) is 65.7 Å². The third kappa shape index (κ3) is 4.96. The van der Waals surface area contributed by atoms with Crippen LogP contribution in [0.2, 0.25) is 5.02 Å². The average Bonchev–Trinajstić information content (AvgIpc) is 3.19. The van der Waals surface area contributed by atoms with Crippen molar-refractivity contribution < 1.29 is 19.2 Å². The topological polar surface area (TPSA) is 96.0 Å². The number of thiazole rings is 1.